The van der Waals surface area contributed by atoms with Crippen LogP contribution in [-0.4, -0.2) is 38.1 Å². The Morgan fingerprint density at radius 3 is 2.65 bits per heavy atom. The minimum absolute atomic E-state index is 0.0586. The van der Waals surface area contributed by atoms with E-state index in [-0.39, 0.29) is 23.8 Å². The summed E-state index contributed by atoms with van der Waals surface area (Å²) >= 11 is 0. The van der Waals surface area contributed by atoms with Gasteiger partial charge in [-0.15, -0.1) is 0 Å². The largest absolute Gasteiger partial charge is 0.469 e. The first-order valence-corrected chi connectivity index (χ1v) is 7.60. The van der Waals surface area contributed by atoms with Crippen LogP contribution in [-0.2, 0) is 14.3 Å². The zero-order valence-electron chi connectivity index (χ0n) is 12.9. The highest BCUT2D eigenvalue weighted by molar-refractivity contribution is 5.81. The van der Waals surface area contributed by atoms with Crippen molar-refractivity contribution in [2.75, 3.05) is 20.2 Å². The van der Waals surface area contributed by atoms with E-state index in [4.69, 9.17) is 4.74 Å². The summed E-state index contributed by atoms with van der Waals surface area (Å²) in [4.78, 5) is 23.5. The van der Waals surface area contributed by atoms with Crippen LogP contribution in [0.4, 0.5) is 0 Å². The van der Waals surface area contributed by atoms with E-state index in [0.717, 1.165) is 32.2 Å². The molecule has 1 aliphatic heterocycles. The lowest BCUT2D eigenvalue weighted by Gasteiger charge is -2.24. The van der Waals surface area contributed by atoms with Gasteiger partial charge in [-0.3, -0.25) is 9.59 Å². The second-order valence-electron chi connectivity index (χ2n) is 6.02. The van der Waals surface area contributed by atoms with E-state index in [2.05, 4.69) is 24.5 Å². The highest BCUT2D eigenvalue weighted by atomic mass is 16.5. The molecule has 1 heterocycles. The summed E-state index contributed by atoms with van der Waals surface area (Å²) in [5, 5.41) is 6.21. The van der Waals surface area contributed by atoms with Gasteiger partial charge in [0.05, 0.1) is 13.2 Å². The molecule has 2 atom stereocenters. The molecule has 20 heavy (non-hydrogen) atoms. The fourth-order valence-corrected chi connectivity index (χ4v) is 2.67. The third kappa shape index (κ3) is 6.37. The van der Waals surface area contributed by atoms with E-state index in [1.165, 1.54) is 7.11 Å². The molecule has 0 aromatic rings. The lowest BCUT2D eigenvalue weighted by atomic mass is 9.94. The molecule has 0 aromatic carbocycles. The van der Waals surface area contributed by atoms with E-state index in [0.29, 0.717) is 18.9 Å². The quantitative estimate of drug-likeness (QED) is 0.695. The Labute approximate surface area is 121 Å². The molecule has 1 saturated heterocycles. The zero-order valence-corrected chi connectivity index (χ0v) is 12.9. The van der Waals surface area contributed by atoms with Crippen LogP contribution in [0.2, 0.25) is 0 Å². The molecule has 2 unspecified atom stereocenters. The number of rotatable bonds is 7. The molecule has 0 radical (unpaired) electrons. The molecule has 5 heteroatoms. The fourth-order valence-electron chi connectivity index (χ4n) is 2.67. The van der Waals surface area contributed by atoms with Crippen molar-refractivity contribution in [3.63, 3.8) is 0 Å². The second kappa shape index (κ2) is 8.95. The highest BCUT2D eigenvalue weighted by Gasteiger charge is 2.22. The lowest BCUT2D eigenvalue weighted by molar-refractivity contribution is -0.142. The minimum atomic E-state index is -0.208. The molecule has 1 amide bonds. The van der Waals surface area contributed by atoms with Crippen LogP contribution in [0.25, 0.3) is 0 Å². The monoisotopic (exact) mass is 284 g/mol. The normalized spacial score (nSPS) is 20.5. The van der Waals surface area contributed by atoms with Gasteiger partial charge in [0.15, 0.2) is 0 Å². The first-order valence-electron chi connectivity index (χ1n) is 7.60. The van der Waals surface area contributed by atoms with Gasteiger partial charge >= 0.3 is 5.97 Å². The van der Waals surface area contributed by atoms with E-state index < -0.39 is 0 Å². The molecule has 0 spiro atoms. The van der Waals surface area contributed by atoms with Crippen molar-refractivity contribution in [2.45, 2.75) is 52.0 Å². The number of hydrogen-bond acceptors (Lipinski definition) is 4. The second-order valence-corrected chi connectivity index (χ2v) is 6.02. The van der Waals surface area contributed by atoms with Crippen LogP contribution in [0.5, 0.6) is 0 Å². The van der Waals surface area contributed by atoms with Crippen molar-refractivity contribution in [2.24, 2.45) is 11.8 Å². The van der Waals surface area contributed by atoms with Crippen molar-refractivity contribution < 1.29 is 14.3 Å². The predicted octanol–water partition coefficient (Wildman–Crippen LogP) is 1.47. The van der Waals surface area contributed by atoms with Gasteiger partial charge in [-0.05, 0) is 37.6 Å². The Morgan fingerprint density at radius 2 is 2.10 bits per heavy atom. The summed E-state index contributed by atoms with van der Waals surface area (Å²) in [7, 11) is 1.40. The molecular formula is C15H28N2O3. The number of amides is 1. The Morgan fingerprint density at radius 1 is 1.35 bits per heavy atom. The Hall–Kier alpha value is -1.10. The molecule has 116 valence electrons. The number of methoxy groups -OCH3 is 1. The van der Waals surface area contributed by atoms with Crippen LogP contribution in [0.1, 0.15) is 46.0 Å². The molecule has 1 aliphatic rings. The fraction of sp³-hybridized carbons (Fsp3) is 0.867. The Bertz CT molecular complexity index is 312. The molecule has 0 aromatic heterocycles. The smallest absolute Gasteiger partial charge is 0.305 e. The number of piperidine rings is 1. The van der Waals surface area contributed by atoms with Crippen molar-refractivity contribution in [3.05, 3.63) is 0 Å². The number of hydrogen-bond donors (Lipinski definition) is 2. The van der Waals surface area contributed by atoms with Crippen molar-refractivity contribution >= 4 is 11.9 Å². The predicted molar refractivity (Wildman–Crippen MR) is 78.2 cm³/mol. The number of carbonyl (C=O) groups is 2. The standard InChI is InChI=1S/C15H28N2O3/c1-11(2)8-12(9-14(18)20-3)10-17-15(19)13-6-4-5-7-16-13/h11-13,16H,4-10H2,1-3H3,(H,17,19). The summed E-state index contributed by atoms with van der Waals surface area (Å²) < 4.78 is 4.72. The van der Waals surface area contributed by atoms with Gasteiger partial charge in [-0.1, -0.05) is 20.3 Å². The highest BCUT2D eigenvalue weighted by Crippen LogP contribution is 2.16. The topological polar surface area (TPSA) is 67.4 Å². The van der Waals surface area contributed by atoms with Crippen LogP contribution >= 0.6 is 0 Å². The third-order valence-electron chi connectivity index (χ3n) is 3.68. The van der Waals surface area contributed by atoms with Crippen molar-refractivity contribution in [3.8, 4) is 0 Å². The van der Waals surface area contributed by atoms with Crippen LogP contribution in [0.15, 0.2) is 0 Å². The van der Waals surface area contributed by atoms with Crippen molar-refractivity contribution in [1.29, 1.82) is 0 Å². The number of nitrogens with one attached hydrogen (secondary N) is 2. The minimum Gasteiger partial charge on any atom is -0.469 e. The number of esters is 1. The molecule has 0 saturated carbocycles. The molecule has 2 N–H and O–H groups in total. The van der Waals surface area contributed by atoms with Gasteiger partial charge in [-0.2, -0.15) is 0 Å². The molecular weight excluding hydrogens is 256 g/mol. The summed E-state index contributed by atoms with van der Waals surface area (Å²) in [6.45, 7) is 5.70. The molecule has 1 fully saturated rings. The van der Waals surface area contributed by atoms with Crippen LogP contribution in [0.3, 0.4) is 0 Å². The van der Waals surface area contributed by atoms with E-state index in [9.17, 15) is 9.59 Å². The van der Waals surface area contributed by atoms with E-state index >= 15 is 0 Å². The Kier molecular flexibility index (Phi) is 7.59. The summed E-state index contributed by atoms with van der Waals surface area (Å²) in [6, 6.07) is -0.0680. The van der Waals surface area contributed by atoms with Gasteiger partial charge < -0.3 is 15.4 Å². The number of ether oxygens (including phenoxy) is 1. The SMILES string of the molecule is COC(=O)CC(CNC(=O)C1CCCCN1)CC(C)C. The van der Waals surface area contributed by atoms with Crippen LogP contribution in [0, 0.1) is 11.8 Å². The average Bonchev–Trinajstić information content (AvgIpc) is 2.44. The molecule has 5 nitrogen and oxygen atoms in total. The maximum Gasteiger partial charge on any atom is 0.305 e. The van der Waals surface area contributed by atoms with Crippen molar-refractivity contribution in [1.82, 2.24) is 10.6 Å². The molecule has 0 bridgehead atoms. The maximum absolute atomic E-state index is 12.1. The molecule has 1 rings (SSSR count). The average molecular weight is 284 g/mol. The Balaban J connectivity index is 2.39. The third-order valence-corrected chi connectivity index (χ3v) is 3.68. The molecule has 0 aliphatic carbocycles. The van der Waals surface area contributed by atoms with Gasteiger partial charge in [0, 0.05) is 13.0 Å². The van der Waals surface area contributed by atoms with Gasteiger partial charge in [0.1, 0.15) is 0 Å². The van der Waals surface area contributed by atoms with Gasteiger partial charge in [0.2, 0.25) is 5.91 Å². The summed E-state index contributed by atoms with van der Waals surface area (Å²) in [6.07, 6.45) is 4.42. The summed E-state index contributed by atoms with van der Waals surface area (Å²) in [5.41, 5.74) is 0. The van der Waals surface area contributed by atoms with E-state index in [1.807, 2.05) is 0 Å². The number of carbonyl (C=O) groups excluding carboxylic acids is 2. The zero-order chi connectivity index (χ0) is 15.0. The lowest BCUT2D eigenvalue weighted by Crippen LogP contribution is -2.47. The first kappa shape index (κ1) is 17.0. The van der Waals surface area contributed by atoms with E-state index in [1.54, 1.807) is 0 Å². The summed E-state index contributed by atoms with van der Waals surface area (Å²) in [5.74, 6) is 0.494. The maximum atomic E-state index is 12.1. The van der Waals surface area contributed by atoms with Gasteiger partial charge in [-0.25, -0.2) is 0 Å². The first-order chi connectivity index (χ1) is 9.52. The van der Waals surface area contributed by atoms with Gasteiger partial charge in [0.25, 0.3) is 0 Å². The van der Waals surface area contributed by atoms with Crippen LogP contribution < -0.4 is 10.6 Å².